The molecular weight excluding hydrogens is 322 g/mol. The third-order valence-electron chi connectivity index (χ3n) is 4.65. The summed E-state index contributed by atoms with van der Waals surface area (Å²) in [6.45, 7) is 2.12. The van der Waals surface area contributed by atoms with Gasteiger partial charge in [-0.25, -0.2) is 0 Å². The predicted molar refractivity (Wildman–Crippen MR) is 106 cm³/mol. The van der Waals surface area contributed by atoms with E-state index in [1.54, 1.807) is 7.11 Å². The van der Waals surface area contributed by atoms with Crippen LogP contribution < -0.4 is 10.1 Å². The highest BCUT2D eigenvalue weighted by molar-refractivity contribution is 5.86. The molecule has 2 heterocycles. The Morgan fingerprint density at radius 3 is 2.62 bits per heavy atom. The second-order valence-corrected chi connectivity index (χ2v) is 6.30. The number of ether oxygens (including phenoxy) is 1. The third kappa shape index (κ3) is 3.02. The van der Waals surface area contributed by atoms with Gasteiger partial charge in [-0.1, -0.05) is 24.3 Å². The molecule has 0 saturated carbocycles. The average Bonchev–Trinajstić information content (AvgIpc) is 3.02. The molecule has 0 amide bonds. The Hall–Kier alpha value is -3.27. The van der Waals surface area contributed by atoms with E-state index < -0.39 is 0 Å². The zero-order valence-corrected chi connectivity index (χ0v) is 14.9. The molecule has 4 aromatic rings. The van der Waals surface area contributed by atoms with E-state index in [-0.39, 0.29) is 6.04 Å². The molecule has 0 aliphatic heterocycles. The lowest BCUT2D eigenvalue weighted by molar-refractivity contribution is 0.415. The summed E-state index contributed by atoms with van der Waals surface area (Å²) in [5.74, 6) is 0.833. The summed E-state index contributed by atoms with van der Waals surface area (Å²) < 4.78 is 5.37. The summed E-state index contributed by atoms with van der Waals surface area (Å²) in [4.78, 5) is 7.68. The van der Waals surface area contributed by atoms with Crippen LogP contribution in [0.3, 0.4) is 0 Å². The number of fused-ring (bicyclic) bond motifs is 1. The summed E-state index contributed by atoms with van der Waals surface area (Å²) in [6, 6.07) is 20.5. The highest BCUT2D eigenvalue weighted by Crippen LogP contribution is 2.34. The van der Waals surface area contributed by atoms with Crippen LogP contribution in [-0.2, 0) is 0 Å². The van der Waals surface area contributed by atoms with Crippen LogP contribution in [0.2, 0.25) is 0 Å². The van der Waals surface area contributed by atoms with Crippen LogP contribution in [-0.4, -0.2) is 17.1 Å². The lowest BCUT2D eigenvalue weighted by Gasteiger charge is -2.22. The van der Waals surface area contributed by atoms with E-state index in [1.165, 1.54) is 10.9 Å². The molecular formula is C22H21N3O. The molecule has 26 heavy (non-hydrogen) atoms. The fourth-order valence-electron chi connectivity index (χ4n) is 3.43. The molecule has 4 heteroatoms. The van der Waals surface area contributed by atoms with Gasteiger partial charge in [0.15, 0.2) is 0 Å². The van der Waals surface area contributed by atoms with E-state index >= 15 is 0 Å². The van der Waals surface area contributed by atoms with Gasteiger partial charge < -0.3 is 15.0 Å². The number of aryl methyl sites for hydroxylation is 1. The molecule has 4 nitrogen and oxygen atoms in total. The summed E-state index contributed by atoms with van der Waals surface area (Å²) >= 11 is 0. The number of hydrogen-bond donors (Lipinski definition) is 2. The fourth-order valence-corrected chi connectivity index (χ4v) is 3.43. The monoisotopic (exact) mass is 343 g/mol. The van der Waals surface area contributed by atoms with Crippen LogP contribution in [0.4, 0.5) is 5.69 Å². The summed E-state index contributed by atoms with van der Waals surface area (Å²) in [7, 11) is 1.68. The van der Waals surface area contributed by atoms with Crippen LogP contribution >= 0.6 is 0 Å². The molecule has 130 valence electrons. The van der Waals surface area contributed by atoms with Gasteiger partial charge in [0, 0.05) is 46.3 Å². The third-order valence-corrected chi connectivity index (χ3v) is 4.65. The predicted octanol–water partition coefficient (Wildman–Crippen LogP) is 5.08. The highest BCUT2D eigenvalue weighted by atomic mass is 16.5. The fraction of sp³-hybridized carbons (Fsp3) is 0.136. The van der Waals surface area contributed by atoms with E-state index in [4.69, 9.17) is 4.74 Å². The van der Waals surface area contributed by atoms with E-state index in [0.717, 1.165) is 28.2 Å². The Morgan fingerprint density at radius 2 is 1.81 bits per heavy atom. The minimum Gasteiger partial charge on any atom is -0.497 e. The number of aromatic amines is 1. The molecule has 4 rings (SSSR count). The Balaban J connectivity index is 1.84. The maximum Gasteiger partial charge on any atom is 0.120 e. The van der Waals surface area contributed by atoms with Crippen molar-refractivity contribution >= 4 is 16.6 Å². The van der Waals surface area contributed by atoms with Crippen molar-refractivity contribution in [2.24, 2.45) is 0 Å². The maximum absolute atomic E-state index is 5.37. The zero-order valence-electron chi connectivity index (χ0n) is 14.9. The number of benzene rings is 2. The second-order valence-electron chi connectivity index (χ2n) is 6.30. The minimum absolute atomic E-state index is 0.00116. The standard InChI is InChI=1S/C22H21N3O/c1-15-21(19-8-3-4-9-20(19)24-15)22(16-10-12-23-13-11-16)25-17-6-5-7-18(14-17)26-2/h3-14,22,24-25H,1-2H3/t22-/m1/s1. The van der Waals surface area contributed by atoms with Crippen molar-refractivity contribution in [3.8, 4) is 5.75 Å². The summed E-state index contributed by atoms with van der Waals surface area (Å²) in [6.07, 6.45) is 3.67. The van der Waals surface area contributed by atoms with Gasteiger partial charge in [-0.15, -0.1) is 0 Å². The first kappa shape index (κ1) is 16.2. The molecule has 2 aromatic carbocycles. The number of nitrogens with one attached hydrogen (secondary N) is 2. The number of pyridine rings is 1. The summed E-state index contributed by atoms with van der Waals surface area (Å²) in [5.41, 5.74) is 5.72. The number of nitrogens with zero attached hydrogens (tertiary/aromatic N) is 1. The topological polar surface area (TPSA) is 49.9 Å². The molecule has 0 aliphatic rings. The Labute approximate surface area is 152 Å². The molecule has 0 radical (unpaired) electrons. The van der Waals surface area contributed by atoms with Gasteiger partial charge in [-0.2, -0.15) is 0 Å². The normalized spacial score (nSPS) is 12.1. The molecule has 0 saturated heterocycles. The number of para-hydroxylation sites is 1. The van der Waals surface area contributed by atoms with Gasteiger partial charge in [-0.05, 0) is 42.8 Å². The highest BCUT2D eigenvalue weighted by Gasteiger charge is 2.21. The van der Waals surface area contributed by atoms with E-state index in [1.807, 2.05) is 30.6 Å². The van der Waals surface area contributed by atoms with Gasteiger partial charge in [0.05, 0.1) is 13.2 Å². The van der Waals surface area contributed by atoms with Crippen molar-refractivity contribution in [3.63, 3.8) is 0 Å². The molecule has 2 N–H and O–H groups in total. The minimum atomic E-state index is 0.00116. The first-order valence-corrected chi connectivity index (χ1v) is 8.64. The molecule has 0 unspecified atom stereocenters. The second kappa shape index (κ2) is 6.92. The number of anilines is 1. The summed E-state index contributed by atoms with van der Waals surface area (Å²) in [5, 5.41) is 4.90. The van der Waals surface area contributed by atoms with Crippen LogP contribution in [0.1, 0.15) is 22.9 Å². The average molecular weight is 343 g/mol. The van der Waals surface area contributed by atoms with Crippen LogP contribution in [0.15, 0.2) is 73.1 Å². The van der Waals surface area contributed by atoms with E-state index in [2.05, 4.69) is 64.7 Å². The van der Waals surface area contributed by atoms with Crippen LogP contribution in [0.5, 0.6) is 5.75 Å². The number of methoxy groups -OCH3 is 1. The van der Waals surface area contributed by atoms with Crippen molar-refractivity contribution in [2.75, 3.05) is 12.4 Å². The SMILES string of the molecule is COc1cccc(N[C@H](c2ccncc2)c2c(C)[nH]c3ccccc23)c1. The number of aromatic nitrogens is 2. The molecule has 2 aromatic heterocycles. The number of hydrogen-bond acceptors (Lipinski definition) is 3. The van der Waals surface area contributed by atoms with Crippen molar-refractivity contribution in [1.82, 2.24) is 9.97 Å². The number of H-pyrrole nitrogens is 1. The van der Waals surface area contributed by atoms with E-state index in [9.17, 15) is 0 Å². The first-order chi connectivity index (χ1) is 12.8. The van der Waals surface area contributed by atoms with E-state index in [0.29, 0.717) is 0 Å². The van der Waals surface area contributed by atoms with Crippen molar-refractivity contribution < 1.29 is 4.74 Å². The van der Waals surface area contributed by atoms with Gasteiger partial charge >= 0.3 is 0 Å². The first-order valence-electron chi connectivity index (χ1n) is 8.64. The molecule has 1 atom stereocenters. The largest absolute Gasteiger partial charge is 0.497 e. The van der Waals surface area contributed by atoms with Gasteiger partial charge in [0.2, 0.25) is 0 Å². The lowest BCUT2D eigenvalue weighted by atomic mass is 9.96. The Morgan fingerprint density at radius 1 is 1.00 bits per heavy atom. The van der Waals surface area contributed by atoms with Crippen LogP contribution in [0, 0.1) is 6.92 Å². The molecule has 0 spiro atoms. The van der Waals surface area contributed by atoms with Crippen molar-refractivity contribution in [2.45, 2.75) is 13.0 Å². The number of rotatable bonds is 5. The smallest absolute Gasteiger partial charge is 0.120 e. The van der Waals surface area contributed by atoms with Crippen LogP contribution in [0.25, 0.3) is 10.9 Å². The Bertz CT molecular complexity index is 1020. The lowest BCUT2D eigenvalue weighted by Crippen LogP contribution is -2.13. The maximum atomic E-state index is 5.37. The van der Waals surface area contributed by atoms with Gasteiger partial charge in [0.25, 0.3) is 0 Å². The molecule has 0 fully saturated rings. The Kier molecular flexibility index (Phi) is 4.32. The quantitative estimate of drug-likeness (QED) is 0.531. The molecule has 0 aliphatic carbocycles. The van der Waals surface area contributed by atoms with Crippen molar-refractivity contribution in [1.29, 1.82) is 0 Å². The van der Waals surface area contributed by atoms with Crippen molar-refractivity contribution in [3.05, 3.63) is 89.9 Å². The zero-order chi connectivity index (χ0) is 17.9. The van der Waals surface area contributed by atoms with Gasteiger partial charge in [-0.3, -0.25) is 4.98 Å². The molecule has 0 bridgehead atoms. The van der Waals surface area contributed by atoms with Gasteiger partial charge in [0.1, 0.15) is 5.75 Å².